The van der Waals surface area contributed by atoms with Gasteiger partial charge in [0.2, 0.25) is 0 Å². The standard InChI is InChI=1S/C19H16N2O3S/c1-19(2)8-11-14(9-23-19)25-18-15(11)17(22)20-16(21-18)13-7-10-5-3-4-6-12(10)24-13/h3-7H,8-9H2,1-2H3,(H,20,21,22). The van der Waals surface area contributed by atoms with Gasteiger partial charge >= 0.3 is 0 Å². The van der Waals surface area contributed by atoms with Crippen LogP contribution in [0.1, 0.15) is 24.3 Å². The molecular weight excluding hydrogens is 336 g/mol. The van der Waals surface area contributed by atoms with Crippen molar-refractivity contribution in [2.24, 2.45) is 0 Å². The first-order valence-electron chi connectivity index (χ1n) is 8.18. The molecule has 1 aliphatic heterocycles. The largest absolute Gasteiger partial charge is 0.453 e. The third-order valence-corrected chi connectivity index (χ3v) is 5.70. The zero-order chi connectivity index (χ0) is 17.2. The molecule has 0 spiro atoms. The van der Waals surface area contributed by atoms with E-state index in [4.69, 9.17) is 9.15 Å². The number of nitrogens with zero attached hydrogens (tertiary/aromatic N) is 1. The average Bonchev–Trinajstić information content (AvgIpc) is 3.14. The molecule has 0 saturated heterocycles. The summed E-state index contributed by atoms with van der Waals surface area (Å²) in [6, 6.07) is 9.65. The number of aromatic nitrogens is 2. The van der Waals surface area contributed by atoms with Gasteiger partial charge in [-0.25, -0.2) is 4.98 Å². The Morgan fingerprint density at radius 2 is 2.12 bits per heavy atom. The van der Waals surface area contributed by atoms with Gasteiger partial charge in [-0.1, -0.05) is 18.2 Å². The van der Waals surface area contributed by atoms with Gasteiger partial charge in [0.1, 0.15) is 10.4 Å². The fraction of sp³-hybridized carbons (Fsp3) is 0.263. The summed E-state index contributed by atoms with van der Waals surface area (Å²) in [4.78, 5) is 22.2. The molecule has 3 aromatic heterocycles. The van der Waals surface area contributed by atoms with Crippen molar-refractivity contribution in [3.8, 4) is 11.6 Å². The lowest BCUT2D eigenvalue weighted by Gasteiger charge is -2.29. The molecule has 25 heavy (non-hydrogen) atoms. The number of fused-ring (bicyclic) bond motifs is 4. The van der Waals surface area contributed by atoms with Crippen molar-refractivity contribution < 1.29 is 9.15 Å². The van der Waals surface area contributed by atoms with Crippen molar-refractivity contribution in [2.75, 3.05) is 0 Å². The van der Waals surface area contributed by atoms with Crippen LogP contribution in [0.25, 0.3) is 32.8 Å². The SMILES string of the molecule is CC1(C)Cc2c(sc3nc(-c4cc5ccccc5o4)[nH]c(=O)c23)CO1. The van der Waals surface area contributed by atoms with Crippen molar-refractivity contribution in [3.63, 3.8) is 0 Å². The van der Waals surface area contributed by atoms with Crippen LogP contribution in [-0.4, -0.2) is 15.6 Å². The molecule has 1 N–H and O–H groups in total. The zero-order valence-electron chi connectivity index (χ0n) is 13.9. The van der Waals surface area contributed by atoms with E-state index in [-0.39, 0.29) is 11.2 Å². The van der Waals surface area contributed by atoms with Crippen molar-refractivity contribution in [1.29, 1.82) is 0 Å². The summed E-state index contributed by atoms with van der Waals surface area (Å²) >= 11 is 1.53. The minimum atomic E-state index is -0.259. The molecule has 0 fully saturated rings. The molecule has 4 heterocycles. The maximum atomic E-state index is 12.8. The summed E-state index contributed by atoms with van der Waals surface area (Å²) in [6.07, 6.45) is 0.719. The Labute approximate surface area is 147 Å². The Morgan fingerprint density at radius 3 is 2.96 bits per heavy atom. The number of benzene rings is 1. The van der Waals surface area contributed by atoms with Gasteiger partial charge in [0.25, 0.3) is 5.56 Å². The second kappa shape index (κ2) is 5.03. The van der Waals surface area contributed by atoms with Crippen LogP contribution in [0, 0.1) is 0 Å². The minimum Gasteiger partial charge on any atom is -0.453 e. The summed E-state index contributed by atoms with van der Waals surface area (Å²) in [6.45, 7) is 4.62. The smallest absolute Gasteiger partial charge is 0.260 e. The first-order valence-corrected chi connectivity index (χ1v) is 8.99. The number of H-pyrrole nitrogens is 1. The Morgan fingerprint density at radius 1 is 1.28 bits per heavy atom. The molecule has 4 aromatic rings. The molecule has 0 aliphatic carbocycles. The Hall–Kier alpha value is -2.44. The van der Waals surface area contributed by atoms with E-state index < -0.39 is 0 Å². The number of furan rings is 1. The summed E-state index contributed by atoms with van der Waals surface area (Å²) in [5.74, 6) is 1.04. The molecule has 6 heteroatoms. The Bertz CT molecular complexity index is 1150. The quantitative estimate of drug-likeness (QED) is 0.556. The van der Waals surface area contributed by atoms with E-state index in [9.17, 15) is 4.79 Å². The van der Waals surface area contributed by atoms with Gasteiger partial charge in [-0.15, -0.1) is 11.3 Å². The van der Waals surface area contributed by atoms with Gasteiger partial charge in [-0.05, 0) is 31.5 Å². The van der Waals surface area contributed by atoms with Gasteiger partial charge in [0.15, 0.2) is 11.6 Å². The number of hydrogen-bond acceptors (Lipinski definition) is 5. The third kappa shape index (κ3) is 2.33. The fourth-order valence-corrected chi connectivity index (χ4v) is 4.47. The lowest BCUT2D eigenvalue weighted by Crippen LogP contribution is -2.31. The monoisotopic (exact) mass is 352 g/mol. The molecule has 5 nitrogen and oxygen atoms in total. The van der Waals surface area contributed by atoms with Gasteiger partial charge in [-0.2, -0.15) is 0 Å². The highest BCUT2D eigenvalue weighted by molar-refractivity contribution is 7.18. The van der Waals surface area contributed by atoms with Gasteiger partial charge in [0.05, 0.1) is 17.6 Å². The maximum absolute atomic E-state index is 12.8. The second-order valence-corrected chi connectivity index (χ2v) is 8.06. The normalized spacial score (nSPS) is 16.4. The van der Waals surface area contributed by atoms with Crippen LogP contribution in [0.5, 0.6) is 0 Å². The summed E-state index contributed by atoms with van der Waals surface area (Å²) in [5.41, 5.74) is 1.47. The van der Waals surface area contributed by atoms with Crippen LogP contribution in [0.3, 0.4) is 0 Å². The molecule has 0 bridgehead atoms. The number of ether oxygens (including phenoxy) is 1. The fourth-order valence-electron chi connectivity index (χ4n) is 3.37. The number of aromatic amines is 1. The van der Waals surface area contributed by atoms with E-state index in [2.05, 4.69) is 9.97 Å². The maximum Gasteiger partial charge on any atom is 0.260 e. The summed E-state index contributed by atoms with van der Waals surface area (Å²) in [5, 5.41) is 1.68. The van der Waals surface area contributed by atoms with Gasteiger partial charge < -0.3 is 14.1 Å². The van der Waals surface area contributed by atoms with E-state index in [0.717, 1.165) is 32.7 Å². The number of rotatable bonds is 1. The highest BCUT2D eigenvalue weighted by Gasteiger charge is 2.30. The molecule has 1 aromatic carbocycles. The molecule has 0 unspecified atom stereocenters. The van der Waals surface area contributed by atoms with Crippen LogP contribution >= 0.6 is 11.3 Å². The first kappa shape index (κ1) is 14.9. The lowest BCUT2D eigenvalue weighted by molar-refractivity contribution is -0.0379. The zero-order valence-corrected chi connectivity index (χ0v) is 14.7. The van der Waals surface area contributed by atoms with E-state index in [1.165, 1.54) is 11.3 Å². The number of hydrogen-bond donors (Lipinski definition) is 1. The Balaban J connectivity index is 1.71. The average molecular weight is 352 g/mol. The second-order valence-electron chi connectivity index (χ2n) is 6.97. The Kier molecular flexibility index (Phi) is 2.99. The van der Waals surface area contributed by atoms with Gasteiger partial charge in [-0.3, -0.25) is 4.79 Å². The van der Waals surface area contributed by atoms with Gasteiger partial charge in [0, 0.05) is 16.7 Å². The van der Waals surface area contributed by atoms with Crippen molar-refractivity contribution >= 4 is 32.5 Å². The number of thiophene rings is 1. The van der Waals surface area contributed by atoms with Crippen LogP contribution in [-0.2, 0) is 17.8 Å². The number of nitrogens with one attached hydrogen (secondary N) is 1. The summed E-state index contributed by atoms with van der Waals surface area (Å²) in [7, 11) is 0. The molecular formula is C19H16N2O3S. The molecule has 126 valence electrons. The van der Waals surface area contributed by atoms with Crippen LogP contribution in [0.4, 0.5) is 0 Å². The first-order chi connectivity index (χ1) is 12.0. The van der Waals surface area contributed by atoms with Crippen LogP contribution < -0.4 is 5.56 Å². The molecule has 0 saturated carbocycles. The van der Waals surface area contributed by atoms with E-state index in [1.807, 2.05) is 44.2 Å². The van der Waals surface area contributed by atoms with Crippen LogP contribution in [0.2, 0.25) is 0 Å². The predicted octanol–water partition coefficient (Wildman–Crippen LogP) is 4.25. The summed E-state index contributed by atoms with van der Waals surface area (Å²) < 4.78 is 11.7. The molecule has 0 radical (unpaired) electrons. The molecule has 0 atom stereocenters. The lowest BCUT2D eigenvalue weighted by atomic mass is 9.94. The minimum absolute atomic E-state index is 0.115. The van der Waals surface area contributed by atoms with E-state index in [0.29, 0.717) is 23.6 Å². The van der Waals surface area contributed by atoms with Crippen molar-refractivity contribution in [3.05, 3.63) is 51.1 Å². The molecule has 0 amide bonds. The third-order valence-electron chi connectivity index (χ3n) is 4.60. The highest BCUT2D eigenvalue weighted by Crippen LogP contribution is 2.37. The van der Waals surface area contributed by atoms with E-state index >= 15 is 0 Å². The van der Waals surface area contributed by atoms with Crippen LogP contribution in [0.15, 0.2) is 39.5 Å². The predicted molar refractivity (Wildman–Crippen MR) is 98.0 cm³/mol. The van der Waals surface area contributed by atoms with Crippen molar-refractivity contribution in [1.82, 2.24) is 9.97 Å². The molecule has 1 aliphatic rings. The highest BCUT2D eigenvalue weighted by atomic mass is 32.1. The van der Waals surface area contributed by atoms with Crippen molar-refractivity contribution in [2.45, 2.75) is 32.5 Å². The number of para-hydroxylation sites is 1. The van der Waals surface area contributed by atoms with E-state index in [1.54, 1.807) is 0 Å². The topological polar surface area (TPSA) is 68.1 Å². The molecule has 5 rings (SSSR count).